The van der Waals surface area contributed by atoms with E-state index in [1.165, 1.54) is 6.07 Å². The molecule has 0 N–H and O–H groups in total. The Kier molecular flexibility index (Phi) is 6.44. The van der Waals surface area contributed by atoms with Crippen molar-refractivity contribution in [2.45, 2.75) is 6.61 Å². The number of ether oxygens (including phenoxy) is 1. The second-order valence-electron chi connectivity index (χ2n) is 5.75. The summed E-state index contributed by atoms with van der Waals surface area (Å²) in [7, 11) is 0. The van der Waals surface area contributed by atoms with Crippen LogP contribution in [0.4, 0.5) is 4.39 Å². The standard InChI is InChI=1S/C22H14Br2FNO/c23-19-8-6-16(7-9-19)18(13-26)11-15-5-10-22(20(24)12-15)27-14-17-3-1-2-4-21(17)25/h1-12H,14H2/b18-11+. The molecule has 134 valence electrons. The van der Waals surface area contributed by atoms with Crippen molar-refractivity contribution in [3.8, 4) is 11.8 Å². The van der Waals surface area contributed by atoms with Crippen LogP contribution >= 0.6 is 31.9 Å². The summed E-state index contributed by atoms with van der Waals surface area (Å²) in [5.74, 6) is 0.318. The quantitative estimate of drug-likeness (QED) is 0.287. The van der Waals surface area contributed by atoms with Crippen LogP contribution in [0.1, 0.15) is 16.7 Å². The summed E-state index contributed by atoms with van der Waals surface area (Å²) in [5.41, 5.74) is 2.76. The van der Waals surface area contributed by atoms with Gasteiger partial charge in [0.2, 0.25) is 0 Å². The summed E-state index contributed by atoms with van der Waals surface area (Å²) in [5, 5.41) is 9.47. The van der Waals surface area contributed by atoms with Crippen LogP contribution in [0.5, 0.6) is 5.75 Å². The van der Waals surface area contributed by atoms with Crippen LogP contribution in [0.3, 0.4) is 0 Å². The lowest BCUT2D eigenvalue weighted by Crippen LogP contribution is -1.98. The average molecular weight is 487 g/mol. The zero-order valence-corrected chi connectivity index (χ0v) is 17.3. The summed E-state index contributed by atoms with van der Waals surface area (Å²) in [6.45, 7) is 0.142. The molecule has 0 fully saturated rings. The highest BCUT2D eigenvalue weighted by Crippen LogP contribution is 2.29. The molecular weight excluding hydrogens is 473 g/mol. The van der Waals surface area contributed by atoms with Gasteiger partial charge < -0.3 is 4.74 Å². The zero-order valence-electron chi connectivity index (χ0n) is 14.1. The topological polar surface area (TPSA) is 33.0 Å². The third-order valence-electron chi connectivity index (χ3n) is 3.88. The molecule has 3 aromatic carbocycles. The molecule has 5 heteroatoms. The van der Waals surface area contributed by atoms with Gasteiger partial charge in [0.15, 0.2) is 0 Å². The molecule has 0 saturated carbocycles. The molecule has 0 spiro atoms. The first-order chi connectivity index (χ1) is 13.1. The molecule has 0 amide bonds. The Balaban J connectivity index is 1.78. The summed E-state index contributed by atoms with van der Waals surface area (Å²) in [6, 6.07) is 21.9. The Morgan fingerprint density at radius 1 is 1.04 bits per heavy atom. The van der Waals surface area contributed by atoms with Crippen molar-refractivity contribution in [1.82, 2.24) is 0 Å². The van der Waals surface area contributed by atoms with Crippen molar-refractivity contribution in [3.63, 3.8) is 0 Å². The number of hydrogen-bond acceptors (Lipinski definition) is 2. The minimum absolute atomic E-state index is 0.142. The molecule has 3 rings (SSSR count). The number of allylic oxidation sites excluding steroid dienone is 1. The number of halogens is 3. The predicted molar refractivity (Wildman–Crippen MR) is 112 cm³/mol. The van der Waals surface area contributed by atoms with E-state index in [2.05, 4.69) is 37.9 Å². The van der Waals surface area contributed by atoms with E-state index < -0.39 is 0 Å². The van der Waals surface area contributed by atoms with Crippen LogP contribution in [0.15, 0.2) is 75.7 Å². The lowest BCUT2D eigenvalue weighted by Gasteiger charge is -2.10. The molecule has 0 atom stereocenters. The molecule has 2 nitrogen and oxygen atoms in total. The van der Waals surface area contributed by atoms with Gasteiger partial charge in [-0.1, -0.05) is 52.3 Å². The number of hydrogen-bond donors (Lipinski definition) is 0. The Bertz CT molecular complexity index is 1020. The SMILES string of the molecule is N#C/C(=C\c1ccc(OCc2ccccc2F)c(Br)c1)c1ccc(Br)cc1. The van der Waals surface area contributed by atoms with E-state index in [1.54, 1.807) is 24.3 Å². The van der Waals surface area contributed by atoms with E-state index >= 15 is 0 Å². The lowest BCUT2D eigenvalue weighted by atomic mass is 10.0. The number of nitriles is 1. The van der Waals surface area contributed by atoms with Crippen molar-refractivity contribution in [2.24, 2.45) is 0 Å². The van der Waals surface area contributed by atoms with Crippen molar-refractivity contribution < 1.29 is 9.13 Å². The Morgan fingerprint density at radius 2 is 1.78 bits per heavy atom. The van der Waals surface area contributed by atoms with Crippen LogP contribution in [-0.4, -0.2) is 0 Å². The molecule has 0 aliphatic heterocycles. The van der Waals surface area contributed by atoms with E-state index in [1.807, 2.05) is 42.5 Å². The molecule has 0 radical (unpaired) electrons. The summed E-state index contributed by atoms with van der Waals surface area (Å²) in [4.78, 5) is 0. The molecule has 27 heavy (non-hydrogen) atoms. The van der Waals surface area contributed by atoms with Gasteiger partial charge in [-0.15, -0.1) is 0 Å². The maximum absolute atomic E-state index is 13.7. The first kappa shape index (κ1) is 19.3. The highest BCUT2D eigenvalue weighted by molar-refractivity contribution is 9.10. The van der Waals surface area contributed by atoms with Crippen LogP contribution in [0.2, 0.25) is 0 Å². The normalized spacial score (nSPS) is 11.1. The fourth-order valence-corrected chi connectivity index (χ4v) is 3.25. The van der Waals surface area contributed by atoms with Gasteiger partial charge in [0.25, 0.3) is 0 Å². The fourth-order valence-electron chi connectivity index (χ4n) is 2.47. The van der Waals surface area contributed by atoms with Crippen molar-refractivity contribution >= 4 is 43.5 Å². The van der Waals surface area contributed by atoms with Crippen molar-refractivity contribution in [2.75, 3.05) is 0 Å². The largest absolute Gasteiger partial charge is 0.488 e. The second-order valence-corrected chi connectivity index (χ2v) is 7.52. The Labute approximate surface area is 174 Å². The minimum Gasteiger partial charge on any atom is -0.488 e. The smallest absolute Gasteiger partial charge is 0.134 e. The summed E-state index contributed by atoms with van der Waals surface area (Å²) >= 11 is 6.87. The minimum atomic E-state index is -0.290. The Morgan fingerprint density at radius 3 is 2.44 bits per heavy atom. The van der Waals surface area contributed by atoms with Gasteiger partial charge in [0.1, 0.15) is 18.2 Å². The first-order valence-corrected chi connectivity index (χ1v) is 9.69. The molecule has 0 saturated heterocycles. The number of rotatable bonds is 5. The van der Waals surface area contributed by atoms with Gasteiger partial charge in [-0.2, -0.15) is 5.26 Å². The van der Waals surface area contributed by atoms with Crippen LogP contribution in [0.25, 0.3) is 11.6 Å². The number of nitrogens with zero attached hydrogens (tertiary/aromatic N) is 1. The molecule has 0 aromatic heterocycles. The van der Waals surface area contributed by atoms with Gasteiger partial charge in [0.05, 0.1) is 16.1 Å². The van der Waals surface area contributed by atoms with E-state index in [4.69, 9.17) is 4.74 Å². The molecule has 0 heterocycles. The molecule has 3 aromatic rings. The third kappa shape index (κ3) is 5.06. The molecule has 0 aliphatic carbocycles. The fraction of sp³-hybridized carbons (Fsp3) is 0.0455. The Hall–Kier alpha value is -2.42. The van der Waals surface area contributed by atoms with E-state index in [0.29, 0.717) is 16.9 Å². The third-order valence-corrected chi connectivity index (χ3v) is 5.03. The van der Waals surface area contributed by atoms with Gasteiger partial charge in [-0.25, -0.2) is 4.39 Å². The predicted octanol–water partition coefficient (Wildman–Crippen LogP) is 6.99. The van der Waals surface area contributed by atoms with Crippen molar-refractivity contribution in [3.05, 3.63) is 98.2 Å². The second kappa shape index (κ2) is 8.98. The van der Waals surface area contributed by atoms with E-state index in [-0.39, 0.29) is 12.4 Å². The van der Waals surface area contributed by atoms with Gasteiger partial charge in [-0.3, -0.25) is 0 Å². The summed E-state index contributed by atoms with van der Waals surface area (Å²) in [6.07, 6.45) is 1.81. The van der Waals surface area contributed by atoms with Gasteiger partial charge in [0, 0.05) is 10.0 Å². The summed E-state index contributed by atoms with van der Waals surface area (Å²) < 4.78 is 21.1. The van der Waals surface area contributed by atoms with Crippen LogP contribution < -0.4 is 4.74 Å². The zero-order chi connectivity index (χ0) is 19.2. The maximum Gasteiger partial charge on any atom is 0.134 e. The monoisotopic (exact) mass is 485 g/mol. The average Bonchev–Trinajstić information content (AvgIpc) is 2.67. The number of benzene rings is 3. The molecule has 0 bridgehead atoms. The van der Waals surface area contributed by atoms with E-state index in [0.717, 1.165) is 20.1 Å². The first-order valence-electron chi connectivity index (χ1n) is 8.10. The van der Waals surface area contributed by atoms with Crippen molar-refractivity contribution in [1.29, 1.82) is 5.26 Å². The highest BCUT2D eigenvalue weighted by Gasteiger charge is 2.07. The van der Waals surface area contributed by atoms with Crippen LogP contribution in [0, 0.1) is 17.1 Å². The highest BCUT2D eigenvalue weighted by atomic mass is 79.9. The molecule has 0 unspecified atom stereocenters. The molecule has 0 aliphatic rings. The maximum atomic E-state index is 13.7. The molecular formula is C22H14Br2FNO. The van der Waals surface area contributed by atoms with E-state index in [9.17, 15) is 9.65 Å². The lowest BCUT2D eigenvalue weighted by molar-refractivity contribution is 0.298. The van der Waals surface area contributed by atoms with Crippen LogP contribution in [-0.2, 0) is 6.61 Å². The van der Waals surface area contributed by atoms with Gasteiger partial charge >= 0.3 is 0 Å². The van der Waals surface area contributed by atoms with Gasteiger partial charge in [-0.05, 0) is 63.5 Å².